The van der Waals surface area contributed by atoms with Crippen molar-refractivity contribution in [2.45, 2.75) is 38.3 Å². The third kappa shape index (κ3) is 3.30. The third-order valence-corrected chi connectivity index (χ3v) is 4.28. The van der Waals surface area contributed by atoms with Crippen molar-refractivity contribution in [3.8, 4) is 0 Å². The molecule has 0 unspecified atom stereocenters. The number of hydrogen-bond donors (Lipinski definition) is 1. The van der Waals surface area contributed by atoms with E-state index in [1.54, 1.807) is 0 Å². The average molecular weight is 287 g/mol. The largest absolute Gasteiger partial charge is 0.310 e. The van der Waals surface area contributed by atoms with Crippen molar-refractivity contribution < 1.29 is 8.78 Å². The van der Waals surface area contributed by atoms with Crippen molar-refractivity contribution in [1.29, 1.82) is 0 Å². The Morgan fingerprint density at radius 3 is 2.48 bits per heavy atom. The molecular formula is C18H19F2N. The van der Waals surface area contributed by atoms with Gasteiger partial charge in [-0.25, -0.2) is 8.78 Å². The minimum atomic E-state index is -0.389. The molecule has 3 rings (SSSR count). The van der Waals surface area contributed by atoms with Crippen molar-refractivity contribution in [3.05, 3.63) is 70.8 Å². The minimum Gasteiger partial charge on any atom is -0.310 e. The Morgan fingerprint density at radius 1 is 1.05 bits per heavy atom. The van der Waals surface area contributed by atoms with E-state index in [0.29, 0.717) is 24.1 Å². The normalized spacial score (nSPS) is 21.1. The van der Waals surface area contributed by atoms with Gasteiger partial charge in [0.05, 0.1) is 0 Å². The van der Waals surface area contributed by atoms with Crippen LogP contribution in [0.2, 0.25) is 0 Å². The molecule has 0 bridgehead atoms. The lowest BCUT2D eigenvalue weighted by molar-refractivity contribution is 0.288. The molecule has 110 valence electrons. The highest BCUT2D eigenvalue weighted by atomic mass is 19.1. The Hall–Kier alpha value is -1.74. The van der Waals surface area contributed by atoms with E-state index in [1.165, 1.54) is 23.3 Å². The zero-order valence-electron chi connectivity index (χ0n) is 12.1. The lowest BCUT2D eigenvalue weighted by Crippen LogP contribution is -2.39. The van der Waals surface area contributed by atoms with E-state index in [2.05, 4.69) is 36.5 Å². The first kappa shape index (κ1) is 14.2. The molecule has 0 amide bonds. The van der Waals surface area contributed by atoms with Crippen molar-refractivity contribution in [1.82, 2.24) is 5.32 Å². The monoisotopic (exact) mass is 287 g/mol. The summed E-state index contributed by atoms with van der Waals surface area (Å²) in [6, 6.07) is 12.6. The number of nitrogens with one attached hydrogen (secondary N) is 1. The average Bonchev–Trinajstić information content (AvgIpc) is 2.42. The number of halogens is 2. The van der Waals surface area contributed by atoms with Crippen molar-refractivity contribution in [2.24, 2.45) is 0 Å². The predicted octanol–water partition coefficient (Wildman–Crippen LogP) is 4.31. The summed E-state index contributed by atoms with van der Waals surface area (Å²) < 4.78 is 26.6. The van der Waals surface area contributed by atoms with Gasteiger partial charge in [0.1, 0.15) is 11.6 Å². The van der Waals surface area contributed by atoms with Gasteiger partial charge in [0.25, 0.3) is 0 Å². The Kier molecular flexibility index (Phi) is 4.02. The first-order valence-electron chi connectivity index (χ1n) is 7.35. The number of hydrogen-bond acceptors (Lipinski definition) is 1. The van der Waals surface area contributed by atoms with Gasteiger partial charge in [0, 0.05) is 18.2 Å². The Labute approximate surface area is 124 Å². The minimum absolute atomic E-state index is 0.349. The summed E-state index contributed by atoms with van der Waals surface area (Å²) in [5, 5.41) is 3.31. The summed E-state index contributed by atoms with van der Waals surface area (Å²) in [4.78, 5) is 0. The second kappa shape index (κ2) is 5.94. The highest BCUT2D eigenvalue weighted by Gasteiger charge is 2.29. The lowest BCUT2D eigenvalue weighted by atomic mass is 9.75. The van der Waals surface area contributed by atoms with E-state index in [9.17, 15) is 8.78 Å². The second-order valence-corrected chi connectivity index (χ2v) is 5.89. The van der Waals surface area contributed by atoms with Crippen LogP contribution in [0.25, 0.3) is 0 Å². The van der Waals surface area contributed by atoms with Crippen molar-refractivity contribution in [3.63, 3.8) is 0 Å². The van der Waals surface area contributed by atoms with Crippen LogP contribution < -0.4 is 5.32 Å². The van der Waals surface area contributed by atoms with Crippen LogP contribution in [0, 0.1) is 18.6 Å². The topological polar surface area (TPSA) is 12.0 Å². The molecule has 1 N–H and O–H groups in total. The van der Waals surface area contributed by atoms with Crippen LogP contribution in [-0.2, 0) is 6.54 Å². The molecule has 0 aromatic heterocycles. The van der Waals surface area contributed by atoms with Crippen LogP contribution in [0.15, 0.2) is 42.5 Å². The summed E-state index contributed by atoms with van der Waals surface area (Å²) >= 11 is 0. The molecule has 0 heterocycles. The molecule has 1 aliphatic carbocycles. The Bertz CT molecular complexity index is 616. The number of aryl methyl sites for hydroxylation is 1. The van der Waals surface area contributed by atoms with Gasteiger partial charge < -0.3 is 5.32 Å². The maximum atomic E-state index is 13.5. The summed E-state index contributed by atoms with van der Waals surface area (Å²) in [7, 11) is 0. The SMILES string of the molecule is Cc1ccc(C2CC(NCc3cc(F)ccc3F)C2)cc1. The van der Waals surface area contributed by atoms with E-state index in [-0.39, 0.29) is 11.6 Å². The predicted molar refractivity (Wildman–Crippen MR) is 80.1 cm³/mol. The quantitative estimate of drug-likeness (QED) is 0.883. The lowest BCUT2D eigenvalue weighted by Gasteiger charge is -2.36. The van der Waals surface area contributed by atoms with Crippen LogP contribution in [-0.4, -0.2) is 6.04 Å². The highest BCUT2D eigenvalue weighted by Crippen LogP contribution is 2.37. The molecule has 0 atom stereocenters. The fourth-order valence-corrected chi connectivity index (χ4v) is 2.83. The van der Waals surface area contributed by atoms with E-state index in [4.69, 9.17) is 0 Å². The Balaban J connectivity index is 1.51. The van der Waals surface area contributed by atoms with E-state index in [1.807, 2.05) is 0 Å². The van der Waals surface area contributed by atoms with Gasteiger partial charge in [-0.2, -0.15) is 0 Å². The van der Waals surface area contributed by atoms with Gasteiger partial charge in [-0.15, -0.1) is 0 Å². The molecule has 0 spiro atoms. The smallest absolute Gasteiger partial charge is 0.127 e. The molecule has 1 aliphatic rings. The van der Waals surface area contributed by atoms with Gasteiger partial charge in [-0.05, 0) is 49.4 Å². The summed E-state index contributed by atoms with van der Waals surface area (Å²) in [5.41, 5.74) is 3.04. The highest BCUT2D eigenvalue weighted by molar-refractivity contribution is 5.27. The first-order valence-corrected chi connectivity index (χ1v) is 7.35. The maximum Gasteiger partial charge on any atom is 0.127 e. The number of benzene rings is 2. The number of rotatable bonds is 4. The van der Waals surface area contributed by atoms with Crippen molar-refractivity contribution in [2.75, 3.05) is 0 Å². The van der Waals surface area contributed by atoms with Crippen LogP contribution in [0.3, 0.4) is 0 Å². The molecule has 0 saturated heterocycles. The summed E-state index contributed by atoms with van der Waals surface area (Å²) in [5.74, 6) is -0.155. The molecule has 1 nitrogen and oxygen atoms in total. The van der Waals surface area contributed by atoms with Gasteiger partial charge in [-0.3, -0.25) is 0 Å². The maximum absolute atomic E-state index is 13.5. The van der Waals surface area contributed by atoms with Gasteiger partial charge >= 0.3 is 0 Å². The third-order valence-electron chi connectivity index (χ3n) is 4.28. The Morgan fingerprint density at radius 2 is 1.76 bits per heavy atom. The fourth-order valence-electron chi connectivity index (χ4n) is 2.83. The van der Waals surface area contributed by atoms with Crippen LogP contribution >= 0.6 is 0 Å². The summed E-state index contributed by atoms with van der Waals surface area (Å²) in [6.07, 6.45) is 2.11. The van der Waals surface area contributed by atoms with Crippen LogP contribution in [0.4, 0.5) is 8.78 Å². The summed E-state index contributed by atoms with van der Waals surface area (Å²) in [6.45, 7) is 2.47. The van der Waals surface area contributed by atoms with E-state index in [0.717, 1.165) is 18.9 Å². The standard InChI is InChI=1S/C18H19F2N/c1-12-2-4-13(5-3-12)14-9-17(10-14)21-11-15-8-16(19)6-7-18(15)20/h2-8,14,17,21H,9-11H2,1H3. The molecule has 2 aromatic rings. The molecular weight excluding hydrogens is 268 g/mol. The molecule has 21 heavy (non-hydrogen) atoms. The zero-order valence-corrected chi connectivity index (χ0v) is 12.1. The van der Waals surface area contributed by atoms with Crippen molar-refractivity contribution >= 4 is 0 Å². The van der Waals surface area contributed by atoms with Crippen LogP contribution in [0.5, 0.6) is 0 Å². The van der Waals surface area contributed by atoms with Crippen LogP contribution in [0.1, 0.15) is 35.4 Å². The van der Waals surface area contributed by atoms with E-state index < -0.39 is 0 Å². The second-order valence-electron chi connectivity index (χ2n) is 5.89. The molecule has 1 fully saturated rings. The van der Waals surface area contributed by atoms with Gasteiger partial charge in [0.2, 0.25) is 0 Å². The fraction of sp³-hybridized carbons (Fsp3) is 0.333. The zero-order chi connectivity index (χ0) is 14.8. The van der Waals surface area contributed by atoms with E-state index >= 15 is 0 Å². The molecule has 3 heteroatoms. The first-order chi connectivity index (χ1) is 10.1. The molecule has 0 radical (unpaired) electrons. The molecule has 2 aromatic carbocycles. The van der Waals surface area contributed by atoms with Gasteiger partial charge in [-0.1, -0.05) is 29.8 Å². The molecule has 1 saturated carbocycles. The molecule has 0 aliphatic heterocycles. The van der Waals surface area contributed by atoms with Gasteiger partial charge in [0.15, 0.2) is 0 Å².